The molecule has 1 saturated heterocycles. The number of hydrogen-bond donors (Lipinski definition) is 0. The summed E-state index contributed by atoms with van der Waals surface area (Å²) >= 11 is 5.85. The summed E-state index contributed by atoms with van der Waals surface area (Å²) in [6, 6.07) is 1.80. The number of rotatable bonds is 2. The first kappa shape index (κ1) is 11.0. The highest BCUT2D eigenvalue weighted by atomic mass is 35.5. The minimum atomic E-state index is -2.86. The summed E-state index contributed by atoms with van der Waals surface area (Å²) in [5, 5.41) is 0. The molecule has 0 unspecified atom stereocenters. The van der Waals surface area contributed by atoms with E-state index in [0.717, 1.165) is 11.0 Å². The SMILES string of the molecule is O=S1(=O)CC(n2c(CCl)nc3cnccc32)C1. The summed E-state index contributed by atoms with van der Waals surface area (Å²) in [4.78, 5) is 8.35. The smallest absolute Gasteiger partial charge is 0.154 e. The molecule has 1 aliphatic rings. The van der Waals surface area contributed by atoms with Crippen LogP contribution in [-0.2, 0) is 15.7 Å². The molecule has 2 aromatic heterocycles. The number of alkyl halides is 1. The molecule has 90 valence electrons. The van der Waals surface area contributed by atoms with E-state index in [9.17, 15) is 8.42 Å². The first-order valence-corrected chi connectivity index (χ1v) is 7.53. The van der Waals surface area contributed by atoms with E-state index in [4.69, 9.17) is 11.6 Å². The van der Waals surface area contributed by atoms with Crippen molar-refractivity contribution in [2.45, 2.75) is 11.9 Å². The zero-order valence-electron chi connectivity index (χ0n) is 8.88. The van der Waals surface area contributed by atoms with Gasteiger partial charge in [0.15, 0.2) is 9.84 Å². The van der Waals surface area contributed by atoms with Gasteiger partial charge in [0.1, 0.15) is 11.3 Å². The van der Waals surface area contributed by atoms with Crippen molar-refractivity contribution in [1.82, 2.24) is 14.5 Å². The third kappa shape index (κ3) is 1.71. The quantitative estimate of drug-likeness (QED) is 0.769. The summed E-state index contributed by atoms with van der Waals surface area (Å²) in [7, 11) is -2.86. The van der Waals surface area contributed by atoms with Gasteiger partial charge in [0, 0.05) is 6.20 Å². The second kappa shape index (κ2) is 3.68. The van der Waals surface area contributed by atoms with Crippen molar-refractivity contribution in [3.8, 4) is 0 Å². The van der Waals surface area contributed by atoms with Crippen molar-refractivity contribution in [2.24, 2.45) is 0 Å². The molecule has 0 saturated carbocycles. The van der Waals surface area contributed by atoms with Crippen LogP contribution in [0.25, 0.3) is 11.0 Å². The fourth-order valence-corrected chi connectivity index (χ4v) is 3.75. The Morgan fingerprint density at radius 3 is 2.88 bits per heavy atom. The molecule has 1 aliphatic heterocycles. The Kier molecular flexibility index (Phi) is 2.38. The van der Waals surface area contributed by atoms with Crippen molar-refractivity contribution in [1.29, 1.82) is 0 Å². The molecule has 1 fully saturated rings. The number of nitrogens with zero attached hydrogens (tertiary/aromatic N) is 3. The van der Waals surface area contributed by atoms with E-state index < -0.39 is 9.84 Å². The van der Waals surface area contributed by atoms with Crippen molar-refractivity contribution in [3.05, 3.63) is 24.3 Å². The Balaban J connectivity index is 2.14. The zero-order chi connectivity index (χ0) is 12.0. The third-order valence-electron chi connectivity index (χ3n) is 2.94. The molecular weight excluding hydrogens is 262 g/mol. The van der Waals surface area contributed by atoms with Crippen LogP contribution in [0.1, 0.15) is 11.9 Å². The first-order chi connectivity index (χ1) is 8.11. The van der Waals surface area contributed by atoms with Gasteiger partial charge in [-0.15, -0.1) is 11.6 Å². The topological polar surface area (TPSA) is 64.8 Å². The summed E-state index contributed by atoms with van der Waals surface area (Å²) < 4.78 is 24.4. The Labute approximate surface area is 103 Å². The van der Waals surface area contributed by atoms with Crippen molar-refractivity contribution < 1.29 is 8.42 Å². The van der Waals surface area contributed by atoms with Crippen molar-refractivity contribution >= 4 is 32.5 Å². The molecule has 0 amide bonds. The number of aromatic nitrogens is 3. The van der Waals surface area contributed by atoms with Gasteiger partial charge in [-0.25, -0.2) is 13.4 Å². The molecule has 0 N–H and O–H groups in total. The monoisotopic (exact) mass is 271 g/mol. The molecule has 3 rings (SSSR count). The number of imidazole rings is 1. The Morgan fingerprint density at radius 2 is 2.24 bits per heavy atom. The molecule has 0 spiro atoms. The van der Waals surface area contributed by atoms with Crippen LogP contribution in [0.2, 0.25) is 0 Å². The van der Waals surface area contributed by atoms with E-state index in [1.54, 1.807) is 12.4 Å². The second-order valence-electron chi connectivity index (χ2n) is 4.13. The maximum atomic E-state index is 11.2. The molecule has 0 bridgehead atoms. The van der Waals surface area contributed by atoms with Crippen LogP contribution in [0.4, 0.5) is 0 Å². The predicted octanol–water partition coefficient (Wildman–Crippen LogP) is 1.14. The highest BCUT2D eigenvalue weighted by molar-refractivity contribution is 7.92. The van der Waals surface area contributed by atoms with Gasteiger partial charge < -0.3 is 4.57 Å². The molecule has 0 aliphatic carbocycles. The lowest BCUT2D eigenvalue weighted by molar-refractivity contribution is 0.507. The molecule has 17 heavy (non-hydrogen) atoms. The fourth-order valence-electron chi connectivity index (χ4n) is 2.19. The van der Waals surface area contributed by atoms with Gasteiger partial charge in [-0.05, 0) is 6.07 Å². The van der Waals surface area contributed by atoms with Crippen LogP contribution in [0, 0.1) is 0 Å². The Hall–Kier alpha value is -1.14. The van der Waals surface area contributed by atoms with Crippen LogP contribution in [0.5, 0.6) is 0 Å². The van der Waals surface area contributed by atoms with E-state index in [0.29, 0.717) is 5.82 Å². The van der Waals surface area contributed by atoms with Gasteiger partial charge in [0.25, 0.3) is 0 Å². The van der Waals surface area contributed by atoms with Gasteiger partial charge in [0.2, 0.25) is 0 Å². The van der Waals surface area contributed by atoms with Gasteiger partial charge in [-0.1, -0.05) is 0 Å². The summed E-state index contributed by atoms with van der Waals surface area (Å²) in [5.74, 6) is 1.31. The Morgan fingerprint density at radius 1 is 1.47 bits per heavy atom. The lowest BCUT2D eigenvalue weighted by Crippen LogP contribution is -2.38. The predicted molar refractivity (Wildman–Crippen MR) is 64.8 cm³/mol. The molecular formula is C10H10ClN3O2S. The minimum Gasteiger partial charge on any atom is -0.322 e. The summed E-state index contributed by atoms with van der Waals surface area (Å²) in [6.45, 7) is 0. The summed E-state index contributed by atoms with van der Waals surface area (Å²) in [5.41, 5.74) is 1.66. The maximum Gasteiger partial charge on any atom is 0.154 e. The lowest BCUT2D eigenvalue weighted by Gasteiger charge is -2.28. The van der Waals surface area contributed by atoms with E-state index in [2.05, 4.69) is 9.97 Å². The molecule has 0 atom stereocenters. The maximum absolute atomic E-state index is 11.2. The lowest BCUT2D eigenvalue weighted by atomic mass is 10.3. The van der Waals surface area contributed by atoms with Crippen LogP contribution in [-0.4, -0.2) is 34.5 Å². The number of pyridine rings is 1. The largest absolute Gasteiger partial charge is 0.322 e. The van der Waals surface area contributed by atoms with Crippen LogP contribution < -0.4 is 0 Å². The van der Waals surface area contributed by atoms with E-state index in [-0.39, 0.29) is 23.4 Å². The molecule has 3 heterocycles. The van der Waals surface area contributed by atoms with Crippen LogP contribution in [0.15, 0.2) is 18.5 Å². The molecule has 5 nitrogen and oxygen atoms in total. The average Bonchev–Trinajstić information content (AvgIpc) is 2.63. The number of sulfone groups is 1. The second-order valence-corrected chi connectivity index (χ2v) is 6.55. The van der Waals surface area contributed by atoms with Crippen molar-refractivity contribution in [2.75, 3.05) is 11.5 Å². The zero-order valence-corrected chi connectivity index (χ0v) is 10.4. The van der Waals surface area contributed by atoms with Crippen molar-refractivity contribution in [3.63, 3.8) is 0 Å². The molecule has 2 aromatic rings. The van der Waals surface area contributed by atoms with Gasteiger partial charge >= 0.3 is 0 Å². The standard InChI is InChI=1S/C10H10ClN3O2S/c11-3-10-13-8-4-12-2-1-9(8)14(10)7-5-17(15,16)6-7/h1-2,4,7H,3,5-6H2. The van der Waals surface area contributed by atoms with Gasteiger partial charge in [-0.2, -0.15) is 0 Å². The number of halogens is 1. The fraction of sp³-hybridized carbons (Fsp3) is 0.400. The van der Waals surface area contributed by atoms with E-state index >= 15 is 0 Å². The van der Waals surface area contributed by atoms with Gasteiger partial charge in [-0.3, -0.25) is 4.98 Å². The Bertz CT molecular complexity index is 668. The molecule has 0 radical (unpaired) electrons. The van der Waals surface area contributed by atoms with Crippen LogP contribution >= 0.6 is 11.6 Å². The average molecular weight is 272 g/mol. The third-order valence-corrected chi connectivity index (χ3v) is 4.97. The number of hydrogen-bond acceptors (Lipinski definition) is 4. The minimum absolute atomic E-state index is 0.0406. The number of fused-ring (bicyclic) bond motifs is 1. The highest BCUT2D eigenvalue weighted by Gasteiger charge is 2.36. The molecule has 0 aromatic carbocycles. The van der Waals surface area contributed by atoms with E-state index in [1.807, 2.05) is 10.6 Å². The van der Waals surface area contributed by atoms with E-state index in [1.165, 1.54) is 0 Å². The normalized spacial score (nSPS) is 19.4. The van der Waals surface area contributed by atoms with Crippen LogP contribution in [0.3, 0.4) is 0 Å². The summed E-state index contributed by atoms with van der Waals surface area (Å²) in [6.07, 6.45) is 3.33. The molecule has 7 heteroatoms. The highest BCUT2D eigenvalue weighted by Crippen LogP contribution is 2.29. The first-order valence-electron chi connectivity index (χ1n) is 5.18. The van der Waals surface area contributed by atoms with Gasteiger partial charge in [0.05, 0.1) is 35.1 Å².